The molecule has 0 radical (unpaired) electrons. The lowest BCUT2D eigenvalue weighted by Crippen LogP contribution is -1.99. The third-order valence-electron chi connectivity index (χ3n) is 5.15. The summed E-state index contributed by atoms with van der Waals surface area (Å²) in [5.74, 6) is -2.81. The summed E-state index contributed by atoms with van der Waals surface area (Å²) in [5.41, 5.74) is 2.38. The molecule has 3 aromatic carbocycles. The van der Waals surface area contributed by atoms with Crippen LogP contribution in [0.25, 0.3) is 21.9 Å². The molecule has 0 aliphatic rings. The molecule has 0 aromatic heterocycles. The number of halogens is 3. The Balaban J connectivity index is 1.98. The van der Waals surface area contributed by atoms with Crippen molar-refractivity contribution in [3.63, 3.8) is 0 Å². The van der Waals surface area contributed by atoms with Gasteiger partial charge in [-0.05, 0) is 53.8 Å². The van der Waals surface area contributed by atoms with Crippen LogP contribution in [-0.2, 0) is 12.8 Å². The Labute approximate surface area is 164 Å². The summed E-state index contributed by atoms with van der Waals surface area (Å²) >= 11 is 0. The predicted octanol–water partition coefficient (Wildman–Crippen LogP) is 7.78. The first-order valence-corrected chi connectivity index (χ1v) is 9.86. The number of aryl methyl sites for hydroxylation is 2. The van der Waals surface area contributed by atoms with Crippen LogP contribution in [0.3, 0.4) is 0 Å². The number of rotatable bonds is 8. The van der Waals surface area contributed by atoms with Crippen LogP contribution in [-0.4, -0.2) is 0 Å². The molecule has 0 aliphatic carbocycles. The maximum absolute atomic E-state index is 15.1. The minimum Gasteiger partial charge on any atom is -0.206 e. The largest absolute Gasteiger partial charge is 0.206 e. The van der Waals surface area contributed by atoms with E-state index in [1.807, 2.05) is 24.3 Å². The topological polar surface area (TPSA) is 0 Å². The molecule has 0 bridgehead atoms. The number of hydrogen-bond acceptors (Lipinski definition) is 0. The van der Waals surface area contributed by atoms with Crippen molar-refractivity contribution in [2.45, 2.75) is 45.4 Å². The van der Waals surface area contributed by atoms with Crippen LogP contribution in [0.1, 0.15) is 43.7 Å². The van der Waals surface area contributed by atoms with Gasteiger partial charge in [-0.1, -0.05) is 62.2 Å². The molecule has 3 heteroatoms. The minimum absolute atomic E-state index is 0.244. The molecule has 0 amide bonds. The lowest BCUT2D eigenvalue weighted by molar-refractivity contribution is 0.502. The van der Waals surface area contributed by atoms with Crippen LogP contribution >= 0.6 is 0 Å². The van der Waals surface area contributed by atoms with Gasteiger partial charge in [-0.3, -0.25) is 0 Å². The Hall–Kier alpha value is -2.55. The van der Waals surface area contributed by atoms with Crippen LogP contribution in [0.5, 0.6) is 0 Å². The highest BCUT2D eigenvalue weighted by Gasteiger charge is 2.19. The summed E-state index contributed by atoms with van der Waals surface area (Å²) in [4.78, 5) is 0. The Bertz CT molecular complexity index is 971. The molecule has 0 heterocycles. The smallest absolute Gasteiger partial charge is 0.169 e. The van der Waals surface area contributed by atoms with Gasteiger partial charge in [0.15, 0.2) is 11.6 Å². The third kappa shape index (κ3) is 4.14. The first kappa shape index (κ1) is 20.2. The molecular weight excluding hydrogens is 357 g/mol. The second-order valence-corrected chi connectivity index (χ2v) is 7.17. The molecule has 0 nitrogen and oxygen atoms in total. The molecule has 0 saturated heterocycles. The third-order valence-corrected chi connectivity index (χ3v) is 5.15. The highest BCUT2D eigenvalue weighted by Crippen LogP contribution is 2.33. The number of benzene rings is 3. The minimum atomic E-state index is -1.12. The first-order chi connectivity index (χ1) is 13.6. The quantitative estimate of drug-likeness (QED) is 0.276. The lowest BCUT2D eigenvalue weighted by Gasteiger charge is -2.11. The van der Waals surface area contributed by atoms with E-state index in [-0.39, 0.29) is 16.5 Å². The molecule has 3 rings (SSSR count). The van der Waals surface area contributed by atoms with Gasteiger partial charge >= 0.3 is 0 Å². The number of allylic oxidation sites excluding steroid dienone is 1. The normalized spacial score (nSPS) is 11.1. The second-order valence-electron chi connectivity index (χ2n) is 7.17. The fraction of sp³-hybridized carbons (Fsp3) is 0.280. The van der Waals surface area contributed by atoms with E-state index in [4.69, 9.17) is 0 Å². The highest BCUT2D eigenvalue weighted by molar-refractivity contribution is 5.89. The highest BCUT2D eigenvalue weighted by atomic mass is 19.2. The molecule has 0 spiro atoms. The summed E-state index contributed by atoms with van der Waals surface area (Å²) in [7, 11) is 0. The molecule has 146 valence electrons. The Kier molecular flexibility index (Phi) is 6.56. The van der Waals surface area contributed by atoms with Crippen molar-refractivity contribution < 1.29 is 13.2 Å². The average molecular weight is 382 g/mol. The summed E-state index contributed by atoms with van der Waals surface area (Å²) in [6.07, 6.45) is 6.98. The Morgan fingerprint density at radius 1 is 0.857 bits per heavy atom. The van der Waals surface area contributed by atoms with E-state index in [1.165, 1.54) is 18.1 Å². The monoisotopic (exact) mass is 382 g/mol. The van der Waals surface area contributed by atoms with Crippen LogP contribution < -0.4 is 0 Å². The molecule has 0 aliphatic heterocycles. The van der Waals surface area contributed by atoms with E-state index in [0.29, 0.717) is 23.8 Å². The number of fused-ring (bicyclic) bond motifs is 1. The van der Waals surface area contributed by atoms with Crippen LogP contribution in [0.4, 0.5) is 13.2 Å². The molecule has 0 saturated carbocycles. The molecule has 28 heavy (non-hydrogen) atoms. The van der Waals surface area contributed by atoms with Gasteiger partial charge < -0.3 is 0 Å². The molecule has 0 atom stereocenters. The Morgan fingerprint density at radius 3 is 2.29 bits per heavy atom. The fourth-order valence-corrected chi connectivity index (χ4v) is 3.53. The summed E-state index contributed by atoms with van der Waals surface area (Å²) in [5, 5.41) is 0.0831. The van der Waals surface area contributed by atoms with Crippen molar-refractivity contribution >= 4 is 10.8 Å². The van der Waals surface area contributed by atoms with Crippen molar-refractivity contribution in [1.29, 1.82) is 0 Å². The van der Waals surface area contributed by atoms with Gasteiger partial charge in [0.25, 0.3) is 0 Å². The van der Waals surface area contributed by atoms with Gasteiger partial charge in [-0.25, -0.2) is 13.2 Å². The van der Waals surface area contributed by atoms with E-state index < -0.39 is 17.5 Å². The SMILES string of the molecule is C=CCCc1cc2ccc(-c3ccc(CCCCC)cc3)c(F)c2c(F)c1F. The van der Waals surface area contributed by atoms with Crippen LogP contribution in [0.15, 0.2) is 55.1 Å². The van der Waals surface area contributed by atoms with Crippen LogP contribution in [0, 0.1) is 17.5 Å². The Morgan fingerprint density at radius 2 is 1.61 bits per heavy atom. The summed E-state index contributed by atoms with van der Waals surface area (Å²) < 4.78 is 44.1. The van der Waals surface area contributed by atoms with E-state index in [2.05, 4.69) is 13.5 Å². The number of hydrogen-bond donors (Lipinski definition) is 0. The van der Waals surface area contributed by atoms with Crippen molar-refractivity contribution in [1.82, 2.24) is 0 Å². The zero-order valence-electron chi connectivity index (χ0n) is 16.2. The van der Waals surface area contributed by atoms with Gasteiger partial charge in [0, 0.05) is 5.56 Å². The van der Waals surface area contributed by atoms with Crippen molar-refractivity contribution in [2.24, 2.45) is 0 Å². The standard InChI is InChI=1S/C25H25F3/c1-3-5-7-8-17-10-12-18(13-11-17)21-15-14-19-16-20(9-6-4-2)23(26)25(28)22(19)24(21)27/h4,10-16H,2-3,5-9H2,1H3. The summed E-state index contributed by atoms with van der Waals surface area (Å²) in [6, 6.07) is 12.5. The van der Waals surface area contributed by atoms with Gasteiger partial charge in [-0.2, -0.15) is 0 Å². The van der Waals surface area contributed by atoms with E-state index in [9.17, 15) is 8.78 Å². The molecular formula is C25H25F3. The van der Waals surface area contributed by atoms with E-state index >= 15 is 4.39 Å². The number of unbranched alkanes of at least 4 members (excludes halogenated alkanes) is 2. The molecule has 0 N–H and O–H groups in total. The van der Waals surface area contributed by atoms with Gasteiger partial charge in [0.1, 0.15) is 5.82 Å². The molecule has 0 unspecified atom stereocenters. The fourth-order valence-electron chi connectivity index (χ4n) is 3.53. The first-order valence-electron chi connectivity index (χ1n) is 9.86. The van der Waals surface area contributed by atoms with Gasteiger partial charge in [0.05, 0.1) is 5.39 Å². The molecule has 0 fully saturated rings. The van der Waals surface area contributed by atoms with Crippen molar-refractivity contribution in [3.05, 3.63) is 83.7 Å². The zero-order chi connectivity index (χ0) is 20.1. The maximum atomic E-state index is 15.1. The average Bonchev–Trinajstić information content (AvgIpc) is 2.70. The van der Waals surface area contributed by atoms with Crippen LogP contribution in [0.2, 0.25) is 0 Å². The summed E-state index contributed by atoms with van der Waals surface area (Å²) in [6.45, 7) is 5.76. The van der Waals surface area contributed by atoms with Crippen molar-refractivity contribution in [3.8, 4) is 11.1 Å². The lowest BCUT2D eigenvalue weighted by atomic mass is 9.96. The molecule has 3 aromatic rings. The zero-order valence-corrected chi connectivity index (χ0v) is 16.2. The maximum Gasteiger partial charge on any atom is 0.169 e. The van der Waals surface area contributed by atoms with Gasteiger partial charge in [-0.15, -0.1) is 6.58 Å². The van der Waals surface area contributed by atoms with E-state index in [1.54, 1.807) is 18.2 Å². The predicted molar refractivity (Wildman–Crippen MR) is 111 cm³/mol. The van der Waals surface area contributed by atoms with Crippen molar-refractivity contribution in [2.75, 3.05) is 0 Å². The van der Waals surface area contributed by atoms with E-state index in [0.717, 1.165) is 19.3 Å². The second kappa shape index (κ2) is 9.09. The van der Waals surface area contributed by atoms with Gasteiger partial charge in [0.2, 0.25) is 0 Å².